The fourth-order valence-electron chi connectivity index (χ4n) is 4.01. The zero-order valence-corrected chi connectivity index (χ0v) is 22.4. The molecule has 0 saturated carbocycles. The molecule has 2 fully saturated rings. The van der Waals surface area contributed by atoms with Crippen LogP contribution in [0.5, 0.6) is 5.75 Å². The van der Waals surface area contributed by atoms with Crippen LogP contribution in [0.2, 0.25) is 0 Å². The standard InChI is InChI=1S/C24H40N4O4.HI/c1-3-25-24(26-10-4-13-31-18-20-9-14-32-19-20)27-17-23(28-11-15-30-16-12-28)21-5-7-22(29-2)8-6-21;/h5-8,20,23H,3-4,9-19H2,1-2H3,(H2,25,26,27);1H. The van der Waals surface area contributed by atoms with E-state index in [1.54, 1.807) is 7.11 Å². The second-order valence-corrected chi connectivity index (χ2v) is 8.24. The molecule has 8 nitrogen and oxygen atoms in total. The van der Waals surface area contributed by atoms with Gasteiger partial charge in [0.05, 0.1) is 46.1 Å². The van der Waals surface area contributed by atoms with Crippen molar-refractivity contribution in [3.63, 3.8) is 0 Å². The lowest BCUT2D eigenvalue weighted by Crippen LogP contribution is -2.42. The molecular formula is C24H41IN4O4. The van der Waals surface area contributed by atoms with Gasteiger partial charge in [-0.25, -0.2) is 0 Å². The van der Waals surface area contributed by atoms with Crippen molar-refractivity contribution in [2.24, 2.45) is 10.9 Å². The predicted octanol–water partition coefficient (Wildman–Crippen LogP) is 2.68. The van der Waals surface area contributed by atoms with Crippen molar-refractivity contribution in [3.05, 3.63) is 29.8 Å². The third-order valence-corrected chi connectivity index (χ3v) is 5.89. The van der Waals surface area contributed by atoms with Gasteiger partial charge < -0.3 is 29.6 Å². The summed E-state index contributed by atoms with van der Waals surface area (Å²) < 4.78 is 22.1. The first kappa shape index (κ1) is 28.1. The van der Waals surface area contributed by atoms with E-state index in [0.29, 0.717) is 12.5 Å². The maximum Gasteiger partial charge on any atom is 0.191 e. The smallest absolute Gasteiger partial charge is 0.191 e. The first-order chi connectivity index (χ1) is 15.8. The highest BCUT2D eigenvalue weighted by atomic mass is 127. The number of methoxy groups -OCH3 is 1. The summed E-state index contributed by atoms with van der Waals surface area (Å²) in [4.78, 5) is 7.37. The van der Waals surface area contributed by atoms with E-state index < -0.39 is 0 Å². The molecule has 2 N–H and O–H groups in total. The number of morpholine rings is 1. The lowest BCUT2D eigenvalue weighted by atomic mass is 10.0. The molecule has 2 saturated heterocycles. The van der Waals surface area contributed by atoms with Crippen LogP contribution in [0.25, 0.3) is 0 Å². The number of rotatable bonds is 12. The van der Waals surface area contributed by atoms with Crippen molar-refractivity contribution in [1.82, 2.24) is 15.5 Å². The Bertz CT molecular complexity index is 665. The minimum atomic E-state index is 0. The number of aliphatic imine (C=N–C) groups is 1. The van der Waals surface area contributed by atoms with Gasteiger partial charge in [-0.2, -0.15) is 0 Å². The van der Waals surface area contributed by atoms with Gasteiger partial charge in [0, 0.05) is 45.3 Å². The van der Waals surface area contributed by atoms with Crippen molar-refractivity contribution in [1.29, 1.82) is 0 Å². The van der Waals surface area contributed by atoms with Crippen LogP contribution < -0.4 is 15.4 Å². The van der Waals surface area contributed by atoms with Crippen molar-refractivity contribution in [2.75, 3.05) is 79.5 Å². The Balaban J connectivity index is 0.00000385. The molecule has 0 radical (unpaired) electrons. The van der Waals surface area contributed by atoms with Gasteiger partial charge in [0.25, 0.3) is 0 Å². The minimum Gasteiger partial charge on any atom is -0.497 e. The van der Waals surface area contributed by atoms with Crippen LogP contribution in [0.15, 0.2) is 29.3 Å². The number of hydrogen-bond donors (Lipinski definition) is 2. The number of hydrogen-bond acceptors (Lipinski definition) is 6. The van der Waals surface area contributed by atoms with E-state index in [0.717, 1.165) is 90.4 Å². The topological polar surface area (TPSA) is 76.6 Å². The summed E-state index contributed by atoms with van der Waals surface area (Å²) in [6.07, 6.45) is 2.07. The van der Waals surface area contributed by atoms with Gasteiger partial charge in [-0.1, -0.05) is 12.1 Å². The Kier molecular flexibility index (Phi) is 14.0. The second kappa shape index (κ2) is 16.5. The molecule has 1 aromatic carbocycles. The average molecular weight is 577 g/mol. The first-order valence-corrected chi connectivity index (χ1v) is 11.9. The first-order valence-electron chi connectivity index (χ1n) is 11.9. The Morgan fingerprint density at radius 2 is 1.94 bits per heavy atom. The van der Waals surface area contributed by atoms with Crippen LogP contribution in [-0.2, 0) is 14.2 Å². The van der Waals surface area contributed by atoms with Gasteiger partial charge >= 0.3 is 0 Å². The molecule has 0 aromatic heterocycles. The molecule has 0 aliphatic carbocycles. The molecule has 2 aliphatic rings. The quantitative estimate of drug-likeness (QED) is 0.172. The van der Waals surface area contributed by atoms with E-state index in [1.165, 1.54) is 5.56 Å². The summed E-state index contributed by atoms with van der Waals surface area (Å²) in [5.74, 6) is 2.29. The van der Waals surface area contributed by atoms with E-state index in [9.17, 15) is 0 Å². The van der Waals surface area contributed by atoms with Crippen LogP contribution in [-0.4, -0.2) is 90.3 Å². The van der Waals surface area contributed by atoms with E-state index >= 15 is 0 Å². The lowest BCUT2D eigenvalue weighted by Gasteiger charge is -2.34. The normalized spacial score (nSPS) is 20.2. The highest BCUT2D eigenvalue weighted by Gasteiger charge is 2.22. The Labute approximate surface area is 215 Å². The van der Waals surface area contributed by atoms with Crippen molar-refractivity contribution in [2.45, 2.75) is 25.8 Å². The minimum absolute atomic E-state index is 0. The number of nitrogens with one attached hydrogen (secondary N) is 2. The molecule has 2 heterocycles. The van der Waals surface area contributed by atoms with E-state index in [-0.39, 0.29) is 30.0 Å². The fraction of sp³-hybridized carbons (Fsp3) is 0.708. The molecule has 0 spiro atoms. The van der Waals surface area contributed by atoms with Gasteiger partial charge in [0.2, 0.25) is 0 Å². The molecule has 0 amide bonds. The van der Waals surface area contributed by atoms with Crippen LogP contribution in [0.1, 0.15) is 31.4 Å². The van der Waals surface area contributed by atoms with Crippen LogP contribution >= 0.6 is 24.0 Å². The average Bonchev–Trinajstić information content (AvgIpc) is 3.36. The van der Waals surface area contributed by atoms with E-state index in [2.05, 4.69) is 34.6 Å². The number of ether oxygens (including phenoxy) is 4. The third-order valence-electron chi connectivity index (χ3n) is 5.89. The number of halogens is 1. The van der Waals surface area contributed by atoms with Gasteiger partial charge in [0.15, 0.2) is 5.96 Å². The van der Waals surface area contributed by atoms with Gasteiger partial charge in [-0.05, 0) is 37.5 Å². The monoisotopic (exact) mass is 576 g/mol. The van der Waals surface area contributed by atoms with Gasteiger partial charge in [-0.3, -0.25) is 9.89 Å². The summed E-state index contributed by atoms with van der Waals surface area (Å²) in [7, 11) is 1.70. The zero-order valence-electron chi connectivity index (χ0n) is 20.1. The summed E-state index contributed by atoms with van der Waals surface area (Å²) in [5.41, 5.74) is 1.25. The molecule has 188 valence electrons. The lowest BCUT2D eigenvalue weighted by molar-refractivity contribution is 0.0179. The van der Waals surface area contributed by atoms with E-state index in [1.807, 2.05) is 12.1 Å². The Morgan fingerprint density at radius 3 is 2.61 bits per heavy atom. The van der Waals surface area contributed by atoms with Crippen molar-refractivity contribution < 1.29 is 18.9 Å². The molecule has 2 unspecified atom stereocenters. The fourth-order valence-corrected chi connectivity index (χ4v) is 4.01. The number of nitrogens with zero attached hydrogens (tertiary/aromatic N) is 2. The third kappa shape index (κ3) is 9.94. The van der Waals surface area contributed by atoms with Crippen LogP contribution in [0, 0.1) is 5.92 Å². The summed E-state index contributed by atoms with van der Waals surface area (Å²) in [6, 6.07) is 8.53. The van der Waals surface area contributed by atoms with Crippen LogP contribution in [0.4, 0.5) is 0 Å². The molecule has 1 aromatic rings. The maximum absolute atomic E-state index is 5.80. The molecule has 2 aliphatic heterocycles. The molecule has 3 rings (SSSR count). The van der Waals surface area contributed by atoms with Crippen molar-refractivity contribution in [3.8, 4) is 5.75 Å². The highest BCUT2D eigenvalue weighted by Crippen LogP contribution is 2.24. The van der Waals surface area contributed by atoms with Crippen molar-refractivity contribution >= 4 is 29.9 Å². The Hall–Kier alpha value is -1.14. The summed E-state index contributed by atoms with van der Waals surface area (Å²) in [5, 5.41) is 6.81. The largest absolute Gasteiger partial charge is 0.497 e. The Morgan fingerprint density at radius 1 is 1.15 bits per heavy atom. The summed E-state index contributed by atoms with van der Waals surface area (Å²) >= 11 is 0. The molecule has 0 bridgehead atoms. The molecule has 33 heavy (non-hydrogen) atoms. The predicted molar refractivity (Wildman–Crippen MR) is 142 cm³/mol. The highest BCUT2D eigenvalue weighted by molar-refractivity contribution is 14.0. The van der Waals surface area contributed by atoms with Crippen LogP contribution in [0.3, 0.4) is 0 Å². The number of benzene rings is 1. The molecular weight excluding hydrogens is 535 g/mol. The zero-order chi connectivity index (χ0) is 22.4. The molecule has 9 heteroatoms. The van der Waals surface area contributed by atoms with E-state index in [4.69, 9.17) is 23.9 Å². The second-order valence-electron chi connectivity index (χ2n) is 8.24. The molecule has 2 atom stereocenters. The number of guanidine groups is 1. The van der Waals surface area contributed by atoms with Gasteiger partial charge in [-0.15, -0.1) is 24.0 Å². The maximum atomic E-state index is 5.80. The SMILES string of the molecule is CCNC(=NCC(c1ccc(OC)cc1)N1CCOCC1)NCCCOCC1CCOC1.I. The van der Waals surface area contributed by atoms with Gasteiger partial charge in [0.1, 0.15) is 5.75 Å². The summed E-state index contributed by atoms with van der Waals surface area (Å²) in [6.45, 7) is 11.1.